The van der Waals surface area contributed by atoms with Crippen molar-refractivity contribution >= 4 is 50.6 Å². The number of anilines is 1. The van der Waals surface area contributed by atoms with E-state index in [1.807, 2.05) is 42.5 Å². The fourth-order valence-electron chi connectivity index (χ4n) is 2.12. The molecule has 0 atom stereocenters. The Labute approximate surface area is 131 Å². The van der Waals surface area contributed by atoms with Gasteiger partial charge in [0.25, 0.3) is 0 Å². The number of allylic oxidation sites excluding steroid dienone is 1. The van der Waals surface area contributed by atoms with Crippen molar-refractivity contribution in [1.82, 2.24) is 0 Å². The summed E-state index contributed by atoms with van der Waals surface area (Å²) in [4.78, 5) is 12.9. The van der Waals surface area contributed by atoms with Crippen molar-refractivity contribution in [3.05, 3.63) is 70.1 Å². The van der Waals surface area contributed by atoms with Crippen LogP contribution in [0.25, 0.3) is 16.2 Å². The van der Waals surface area contributed by atoms with Crippen LogP contribution in [0.2, 0.25) is 5.02 Å². The van der Waals surface area contributed by atoms with Crippen LogP contribution in [0.1, 0.15) is 15.2 Å². The number of benzene rings is 2. The van der Waals surface area contributed by atoms with Gasteiger partial charge in [-0.2, -0.15) is 0 Å². The summed E-state index contributed by atoms with van der Waals surface area (Å²) in [6, 6.07) is 15.2. The van der Waals surface area contributed by atoms with Gasteiger partial charge in [0.1, 0.15) is 0 Å². The lowest BCUT2D eigenvalue weighted by molar-refractivity contribution is 0.105. The van der Waals surface area contributed by atoms with Gasteiger partial charge in [0.15, 0.2) is 5.78 Å². The molecule has 0 saturated carbocycles. The Morgan fingerprint density at radius 1 is 1.10 bits per heavy atom. The zero-order valence-electron chi connectivity index (χ0n) is 11.0. The van der Waals surface area contributed by atoms with E-state index >= 15 is 0 Å². The Hall–Kier alpha value is -2.10. The van der Waals surface area contributed by atoms with Crippen LogP contribution in [-0.2, 0) is 0 Å². The number of carbonyl (C=O) groups excluding carboxylic acids is 1. The number of carbonyl (C=O) groups is 1. The monoisotopic (exact) mass is 313 g/mol. The molecule has 3 rings (SSSR count). The summed E-state index contributed by atoms with van der Waals surface area (Å²) in [6.45, 7) is 0. The summed E-state index contributed by atoms with van der Waals surface area (Å²) in [5, 5.41) is 1.34. The van der Waals surface area contributed by atoms with Gasteiger partial charge in [0.2, 0.25) is 0 Å². The minimum absolute atomic E-state index is 0.103. The van der Waals surface area contributed by atoms with E-state index in [1.54, 1.807) is 18.2 Å². The predicted octanol–water partition coefficient (Wildman–Crippen LogP) is 5.03. The Kier molecular flexibility index (Phi) is 3.78. The fourth-order valence-corrected chi connectivity index (χ4v) is 3.53. The number of hydrogen-bond donors (Lipinski definition) is 1. The van der Waals surface area contributed by atoms with Gasteiger partial charge >= 0.3 is 0 Å². The first-order valence-corrected chi connectivity index (χ1v) is 7.60. The zero-order valence-corrected chi connectivity index (χ0v) is 12.6. The second kappa shape index (κ2) is 5.72. The molecule has 0 radical (unpaired) electrons. The van der Waals surface area contributed by atoms with Gasteiger partial charge < -0.3 is 5.73 Å². The predicted molar refractivity (Wildman–Crippen MR) is 91.1 cm³/mol. The summed E-state index contributed by atoms with van der Waals surface area (Å²) < 4.78 is 0.927. The Morgan fingerprint density at radius 3 is 2.57 bits per heavy atom. The second-order valence-electron chi connectivity index (χ2n) is 4.57. The van der Waals surface area contributed by atoms with Crippen molar-refractivity contribution in [3.63, 3.8) is 0 Å². The maximum Gasteiger partial charge on any atom is 0.197 e. The molecule has 0 amide bonds. The molecule has 2 aromatic carbocycles. The van der Waals surface area contributed by atoms with Gasteiger partial charge in [-0.15, -0.1) is 11.3 Å². The van der Waals surface area contributed by atoms with Crippen LogP contribution < -0.4 is 5.73 Å². The quantitative estimate of drug-likeness (QED) is 0.544. The third-order valence-corrected chi connectivity index (χ3v) is 4.65. The molecular weight excluding hydrogens is 302 g/mol. The molecule has 104 valence electrons. The van der Waals surface area contributed by atoms with Crippen LogP contribution in [0, 0.1) is 0 Å². The van der Waals surface area contributed by atoms with Crippen molar-refractivity contribution in [1.29, 1.82) is 0 Å². The summed E-state index contributed by atoms with van der Waals surface area (Å²) in [5.74, 6) is -0.103. The van der Waals surface area contributed by atoms with Gasteiger partial charge in [0.05, 0.1) is 15.6 Å². The summed E-state index contributed by atoms with van der Waals surface area (Å²) in [6.07, 6.45) is 3.33. The van der Waals surface area contributed by atoms with E-state index in [9.17, 15) is 4.79 Å². The average Bonchev–Trinajstić information content (AvgIpc) is 2.84. The minimum Gasteiger partial charge on any atom is -0.397 e. The van der Waals surface area contributed by atoms with Crippen molar-refractivity contribution in [2.75, 3.05) is 5.73 Å². The van der Waals surface area contributed by atoms with Crippen LogP contribution >= 0.6 is 22.9 Å². The largest absolute Gasteiger partial charge is 0.397 e. The highest BCUT2D eigenvalue weighted by atomic mass is 35.5. The lowest BCUT2D eigenvalue weighted by Crippen LogP contribution is -1.96. The number of fused-ring (bicyclic) bond motifs is 1. The van der Waals surface area contributed by atoms with Gasteiger partial charge in [-0.25, -0.2) is 0 Å². The number of nitrogens with two attached hydrogens (primary N) is 1. The van der Waals surface area contributed by atoms with Crippen LogP contribution in [0.4, 0.5) is 5.69 Å². The smallest absolute Gasteiger partial charge is 0.197 e. The highest BCUT2D eigenvalue weighted by Gasteiger charge is 2.16. The average molecular weight is 314 g/mol. The third-order valence-electron chi connectivity index (χ3n) is 3.15. The standard InChI is InChI=1S/C17H12ClNOS/c18-12-7-4-8-14-15(12)16(19)17(21-14)13(20)10-9-11-5-2-1-3-6-11/h1-10H,19H2/b10-9+. The van der Waals surface area contributed by atoms with E-state index in [0.717, 1.165) is 15.6 Å². The summed E-state index contributed by atoms with van der Waals surface area (Å²) >= 11 is 7.52. The third kappa shape index (κ3) is 2.71. The van der Waals surface area contributed by atoms with E-state index in [-0.39, 0.29) is 5.78 Å². The SMILES string of the molecule is Nc1c(C(=O)/C=C/c2ccccc2)sc2cccc(Cl)c12. The molecule has 0 spiro atoms. The molecule has 1 heterocycles. The number of ketones is 1. The van der Waals surface area contributed by atoms with Crippen molar-refractivity contribution in [2.45, 2.75) is 0 Å². The Morgan fingerprint density at radius 2 is 1.86 bits per heavy atom. The molecule has 21 heavy (non-hydrogen) atoms. The van der Waals surface area contributed by atoms with Gasteiger partial charge in [-0.1, -0.05) is 54.1 Å². The van der Waals surface area contributed by atoms with Crippen LogP contribution in [0.3, 0.4) is 0 Å². The molecule has 2 N–H and O–H groups in total. The highest BCUT2D eigenvalue weighted by Crippen LogP contribution is 2.38. The van der Waals surface area contributed by atoms with Crippen LogP contribution in [-0.4, -0.2) is 5.78 Å². The van der Waals surface area contributed by atoms with E-state index in [2.05, 4.69) is 0 Å². The Bertz CT molecular complexity index is 837. The van der Waals surface area contributed by atoms with E-state index < -0.39 is 0 Å². The lowest BCUT2D eigenvalue weighted by atomic mass is 10.1. The molecule has 0 saturated heterocycles. The number of rotatable bonds is 3. The number of hydrogen-bond acceptors (Lipinski definition) is 3. The summed E-state index contributed by atoms with van der Waals surface area (Å²) in [7, 11) is 0. The molecule has 1 aromatic heterocycles. The second-order valence-corrected chi connectivity index (χ2v) is 6.03. The Balaban J connectivity index is 1.97. The molecular formula is C17H12ClNOS. The first kappa shape index (κ1) is 13.9. The van der Waals surface area contributed by atoms with E-state index in [4.69, 9.17) is 17.3 Å². The minimum atomic E-state index is -0.103. The lowest BCUT2D eigenvalue weighted by Gasteiger charge is -1.96. The fraction of sp³-hybridized carbons (Fsp3) is 0. The highest BCUT2D eigenvalue weighted by molar-refractivity contribution is 7.21. The van der Waals surface area contributed by atoms with Crippen molar-refractivity contribution in [2.24, 2.45) is 0 Å². The van der Waals surface area contributed by atoms with Gasteiger partial charge in [-0.3, -0.25) is 4.79 Å². The molecule has 0 aliphatic carbocycles. The molecule has 0 fully saturated rings. The van der Waals surface area contributed by atoms with Gasteiger partial charge in [0, 0.05) is 10.1 Å². The maximum absolute atomic E-state index is 12.3. The maximum atomic E-state index is 12.3. The number of thiophene rings is 1. The molecule has 0 bridgehead atoms. The van der Waals surface area contributed by atoms with Crippen molar-refractivity contribution < 1.29 is 4.79 Å². The molecule has 4 heteroatoms. The number of halogens is 1. The first-order chi connectivity index (χ1) is 10.2. The zero-order chi connectivity index (χ0) is 14.8. The first-order valence-electron chi connectivity index (χ1n) is 6.41. The van der Waals surface area contributed by atoms with Crippen molar-refractivity contribution in [3.8, 4) is 0 Å². The molecule has 3 aromatic rings. The topological polar surface area (TPSA) is 43.1 Å². The molecule has 0 unspecified atom stereocenters. The number of nitrogen functional groups attached to an aromatic ring is 1. The molecule has 0 aliphatic rings. The van der Waals surface area contributed by atoms with Gasteiger partial charge in [-0.05, 0) is 23.8 Å². The molecule has 2 nitrogen and oxygen atoms in total. The molecule has 0 aliphatic heterocycles. The van der Waals surface area contributed by atoms with Crippen LogP contribution in [0.5, 0.6) is 0 Å². The van der Waals surface area contributed by atoms with E-state index in [0.29, 0.717) is 15.6 Å². The van der Waals surface area contributed by atoms with E-state index in [1.165, 1.54) is 11.3 Å². The summed E-state index contributed by atoms with van der Waals surface area (Å²) in [5.41, 5.74) is 7.52. The van der Waals surface area contributed by atoms with Crippen LogP contribution in [0.15, 0.2) is 54.6 Å². The normalized spacial score (nSPS) is 11.3.